The van der Waals surface area contributed by atoms with Crippen LogP contribution in [0.5, 0.6) is 5.75 Å². The second kappa shape index (κ2) is 25.2. The van der Waals surface area contributed by atoms with Crippen molar-refractivity contribution in [1.82, 2.24) is 31.2 Å². The number of thiazole rings is 1. The minimum Gasteiger partial charge on any atom is -0.491 e. The molecule has 7 atom stereocenters. The van der Waals surface area contributed by atoms with E-state index in [-0.39, 0.29) is 57.2 Å². The third-order valence-corrected chi connectivity index (χ3v) is 15.3. The number of β-amino-alcohol motifs (C(OH)–C–C–N with tert-alkyl or cyclic N) is 1. The molecule has 3 aromatic carbocycles. The number of ether oxygens (including phenoxy) is 2. The van der Waals surface area contributed by atoms with Crippen molar-refractivity contribution in [2.45, 2.75) is 174 Å². The molecule has 0 bridgehead atoms. The first-order chi connectivity index (χ1) is 36.9. The van der Waals surface area contributed by atoms with Gasteiger partial charge in [0.05, 0.1) is 40.0 Å². The second-order valence-electron chi connectivity index (χ2n) is 22.8. The molecule has 0 unspecified atom stereocenters. The van der Waals surface area contributed by atoms with Crippen molar-refractivity contribution in [3.8, 4) is 16.2 Å². The third-order valence-electron chi connectivity index (χ3n) is 14.4. The predicted molar refractivity (Wildman–Crippen MR) is 294 cm³/mol. The third kappa shape index (κ3) is 15.0. The average Bonchev–Trinajstić information content (AvgIpc) is 4.17. The van der Waals surface area contributed by atoms with Crippen LogP contribution in [-0.4, -0.2) is 112 Å². The lowest BCUT2D eigenvalue weighted by Gasteiger charge is -2.35. The number of nitrogens with two attached hydrogens (primary N) is 1. The summed E-state index contributed by atoms with van der Waals surface area (Å²) >= 11 is 1.56. The van der Waals surface area contributed by atoms with Crippen LogP contribution in [0.25, 0.3) is 10.4 Å². The van der Waals surface area contributed by atoms with Crippen molar-refractivity contribution in [3.63, 3.8) is 0 Å². The summed E-state index contributed by atoms with van der Waals surface area (Å²) < 4.78 is 26.7. The Balaban J connectivity index is 0.900. The Kier molecular flexibility index (Phi) is 19.0. The number of aromatic nitrogens is 1. The number of aryl methyl sites for hydroxylation is 3. The van der Waals surface area contributed by atoms with Gasteiger partial charge in [-0.25, -0.2) is 14.2 Å². The van der Waals surface area contributed by atoms with Gasteiger partial charge in [0.15, 0.2) is 0 Å². The van der Waals surface area contributed by atoms with Crippen LogP contribution in [-0.2, 0) is 52.8 Å². The molecule has 1 fully saturated rings. The number of benzene rings is 3. The van der Waals surface area contributed by atoms with E-state index in [4.69, 9.17) is 15.2 Å². The number of hydrogen-bond donors (Lipinski definition) is 6. The van der Waals surface area contributed by atoms with Gasteiger partial charge in [-0.3, -0.25) is 33.7 Å². The molecule has 1 saturated heterocycles. The number of unbranched alkanes of at least 4 members (excludes halogenated alkanes) is 2. The molecule has 18 nitrogen and oxygen atoms in total. The van der Waals surface area contributed by atoms with Gasteiger partial charge in [0, 0.05) is 32.2 Å². The molecule has 7 amide bonds. The highest BCUT2D eigenvalue weighted by molar-refractivity contribution is 7.13. The Morgan fingerprint density at radius 2 is 1.63 bits per heavy atom. The first-order valence-electron chi connectivity index (χ1n) is 26.9. The standard InChI is InChI=1S/C58H75FN8O10S/c1-33(35-17-19-37(20-18-35)50-34(2)61-32-78-50)62-52(71)45-29-41(68)30-66(45)55(74)51(57(3,4)5)65-48(70)16-11-9-10-13-38-27-42(23-24-43(38)59)76-31-40(22-26-47(60)69)63-53(72)46-28-39-15-12-14-36-21-25-44(54(73)67(46)49(36)39)64-56(75)77-58(6,7)8/h12,14-15,17-20,23-24,27,32-33,40-41,44-46,51,68H,9-11,13,16,21-22,25-26,28-31H2,1-8H3,(H2,60,69)(H,62,71)(H,63,72)(H,64,75)(H,65,70)/t33-,40-,41+,44-,45-,46-,51+/m0/s1. The first-order valence-corrected chi connectivity index (χ1v) is 27.8. The maximum Gasteiger partial charge on any atom is 0.408 e. The number of carbonyl (C=O) groups is 7. The summed E-state index contributed by atoms with van der Waals surface area (Å²) in [4.78, 5) is 103. The molecule has 20 heteroatoms. The van der Waals surface area contributed by atoms with Crippen LogP contribution in [0.15, 0.2) is 66.2 Å². The summed E-state index contributed by atoms with van der Waals surface area (Å²) in [5, 5.41) is 22.3. The summed E-state index contributed by atoms with van der Waals surface area (Å²) in [6, 6.07) is 12.9. The zero-order valence-corrected chi connectivity index (χ0v) is 46.7. The lowest BCUT2D eigenvalue weighted by atomic mass is 9.85. The highest BCUT2D eigenvalue weighted by atomic mass is 32.1. The van der Waals surface area contributed by atoms with Crippen LogP contribution < -0.4 is 36.6 Å². The molecule has 3 aliphatic heterocycles. The van der Waals surface area contributed by atoms with Gasteiger partial charge in [-0.15, -0.1) is 11.3 Å². The van der Waals surface area contributed by atoms with Gasteiger partial charge in [-0.05, 0) is 125 Å². The quantitative estimate of drug-likeness (QED) is 0.0482. The molecule has 3 aliphatic rings. The lowest BCUT2D eigenvalue weighted by molar-refractivity contribution is -0.144. The van der Waals surface area contributed by atoms with Crippen LogP contribution >= 0.6 is 11.3 Å². The number of likely N-dealkylation sites (tertiary alicyclic amines) is 1. The number of rotatable bonds is 21. The highest BCUT2D eigenvalue weighted by Gasteiger charge is 2.46. The number of hydrogen-bond acceptors (Lipinski definition) is 12. The lowest BCUT2D eigenvalue weighted by Crippen LogP contribution is -2.57. The molecule has 0 radical (unpaired) electrons. The molecule has 4 heterocycles. The fourth-order valence-corrected chi connectivity index (χ4v) is 11.1. The maximum absolute atomic E-state index is 15.2. The zero-order chi connectivity index (χ0) is 56.6. The number of amides is 7. The fourth-order valence-electron chi connectivity index (χ4n) is 10.3. The molecule has 420 valence electrons. The molecule has 0 saturated carbocycles. The minimum atomic E-state index is -0.986. The van der Waals surface area contributed by atoms with Crippen molar-refractivity contribution in [2.75, 3.05) is 18.1 Å². The van der Waals surface area contributed by atoms with E-state index >= 15 is 4.39 Å². The summed E-state index contributed by atoms with van der Waals surface area (Å²) in [6.07, 6.45) is 1.43. The van der Waals surface area contributed by atoms with Crippen LogP contribution in [0.4, 0.5) is 14.9 Å². The second-order valence-corrected chi connectivity index (χ2v) is 23.7. The average molecular weight is 1100 g/mol. The topological polar surface area (TPSA) is 252 Å². The van der Waals surface area contributed by atoms with Gasteiger partial charge in [-0.2, -0.15) is 0 Å². The molecule has 78 heavy (non-hydrogen) atoms. The van der Waals surface area contributed by atoms with Gasteiger partial charge < -0.3 is 46.5 Å². The van der Waals surface area contributed by atoms with Gasteiger partial charge in [0.1, 0.15) is 47.9 Å². The number of carbonyl (C=O) groups excluding carboxylic acids is 7. The summed E-state index contributed by atoms with van der Waals surface area (Å²) in [6.45, 7) is 14.3. The molecule has 4 aromatic rings. The molecule has 0 aliphatic carbocycles. The first kappa shape index (κ1) is 58.7. The number of aliphatic hydroxyl groups is 1. The van der Waals surface area contributed by atoms with Crippen LogP contribution in [0.2, 0.25) is 0 Å². The van der Waals surface area contributed by atoms with Crippen LogP contribution in [0.3, 0.4) is 0 Å². The van der Waals surface area contributed by atoms with E-state index < -0.39 is 88.8 Å². The van der Waals surface area contributed by atoms with Crippen LogP contribution in [0.1, 0.15) is 134 Å². The molecule has 7 rings (SSSR count). The summed E-state index contributed by atoms with van der Waals surface area (Å²) in [7, 11) is 0. The normalized spacial score (nSPS) is 19.2. The van der Waals surface area contributed by atoms with Gasteiger partial charge in [0.25, 0.3) is 0 Å². The van der Waals surface area contributed by atoms with Gasteiger partial charge in [0.2, 0.25) is 35.4 Å². The molecular weight excluding hydrogens is 1020 g/mol. The monoisotopic (exact) mass is 1090 g/mol. The zero-order valence-electron chi connectivity index (χ0n) is 45.9. The Morgan fingerprint density at radius 3 is 2.31 bits per heavy atom. The van der Waals surface area contributed by atoms with Crippen molar-refractivity contribution in [3.05, 3.63) is 99.9 Å². The number of aliphatic hydroxyl groups excluding tert-OH is 1. The largest absolute Gasteiger partial charge is 0.491 e. The Labute approximate surface area is 459 Å². The maximum atomic E-state index is 15.2. The molecule has 0 spiro atoms. The highest BCUT2D eigenvalue weighted by Crippen LogP contribution is 2.39. The number of anilines is 1. The van der Waals surface area contributed by atoms with E-state index in [9.17, 15) is 38.7 Å². The van der Waals surface area contributed by atoms with Gasteiger partial charge >= 0.3 is 6.09 Å². The number of nitrogens with zero attached hydrogens (tertiary/aromatic N) is 3. The van der Waals surface area contributed by atoms with Crippen molar-refractivity contribution in [2.24, 2.45) is 11.1 Å². The van der Waals surface area contributed by atoms with Crippen LogP contribution in [0, 0.1) is 18.2 Å². The van der Waals surface area contributed by atoms with E-state index in [1.54, 1.807) is 43.7 Å². The van der Waals surface area contributed by atoms with Crippen molar-refractivity contribution < 1.29 is 52.5 Å². The molecule has 1 aromatic heterocycles. The Hall–Kier alpha value is -6.93. The molecule has 7 N–H and O–H groups in total. The Bertz CT molecular complexity index is 2850. The Morgan fingerprint density at radius 1 is 0.910 bits per heavy atom. The number of primary amides is 1. The fraction of sp³-hybridized carbons (Fsp3) is 0.517. The van der Waals surface area contributed by atoms with E-state index in [0.29, 0.717) is 55.5 Å². The number of para-hydroxylation sites is 1. The SMILES string of the molecule is Cc1ncsc1-c1ccc([C@H](C)NC(=O)[C@@H]2C[C@@H](O)CN2C(=O)[C@@H](NC(=O)CCCCCc2cc(OC[C@H](CCC(N)=O)NC(=O)[C@@H]3Cc4cccc5c4N3C(=O)[C@@H](NC(=O)OC(C)(C)C)CC5)ccc2F)C(C)(C)C)cc1. The van der Waals surface area contributed by atoms with E-state index in [1.807, 2.05) is 77.1 Å². The number of halogens is 1. The summed E-state index contributed by atoms with van der Waals surface area (Å²) in [5.41, 5.74) is 11.4. The summed E-state index contributed by atoms with van der Waals surface area (Å²) in [5.74, 6) is -2.84. The number of nitrogens with one attached hydrogen (secondary N) is 4. The van der Waals surface area contributed by atoms with Crippen molar-refractivity contribution in [1.29, 1.82) is 0 Å². The van der Waals surface area contributed by atoms with E-state index in [2.05, 4.69) is 26.3 Å². The smallest absolute Gasteiger partial charge is 0.408 e. The van der Waals surface area contributed by atoms with Crippen molar-refractivity contribution >= 4 is 58.6 Å². The minimum absolute atomic E-state index is 0.0514. The van der Waals surface area contributed by atoms with E-state index in [1.165, 1.54) is 21.9 Å². The molecular formula is C58H75FN8O10S. The van der Waals surface area contributed by atoms with Gasteiger partial charge in [-0.1, -0.05) is 69.7 Å². The number of alkyl carbamates (subject to hydrolysis) is 1. The predicted octanol–water partition coefficient (Wildman–Crippen LogP) is 6.66. The van der Waals surface area contributed by atoms with E-state index in [0.717, 1.165) is 32.8 Å².